The Kier molecular flexibility index (Phi) is 7.28. The molecule has 10 nitrogen and oxygen atoms in total. The molecule has 1 saturated carbocycles. The monoisotopic (exact) mass is 516 g/mol. The molecule has 3 aromatic heterocycles. The number of nitrogens with zero attached hydrogens (tertiary/aromatic N) is 6. The molecule has 0 spiro atoms. The fourth-order valence-corrected chi connectivity index (χ4v) is 4.14. The van der Waals surface area contributed by atoms with E-state index in [-0.39, 0.29) is 18.6 Å². The summed E-state index contributed by atoms with van der Waals surface area (Å²) in [6.07, 6.45) is -2.29. The van der Waals surface area contributed by atoms with Crippen molar-refractivity contribution in [1.29, 1.82) is 5.26 Å². The van der Waals surface area contributed by atoms with Gasteiger partial charge in [-0.1, -0.05) is 5.21 Å². The third-order valence-corrected chi connectivity index (χ3v) is 6.09. The van der Waals surface area contributed by atoms with Crippen LogP contribution in [0.3, 0.4) is 0 Å². The van der Waals surface area contributed by atoms with E-state index in [1.807, 2.05) is 0 Å². The second-order valence-corrected chi connectivity index (χ2v) is 8.71. The van der Waals surface area contributed by atoms with E-state index in [0.717, 1.165) is 18.9 Å². The third kappa shape index (κ3) is 5.96. The van der Waals surface area contributed by atoms with Crippen molar-refractivity contribution >= 4 is 5.97 Å². The third-order valence-electron chi connectivity index (χ3n) is 6.09. The van der Waals surface area contributed by atoms with Crippen molar-refractivity contribution in [2.24, 2.45) is 13.0 Å². The van der Waals surface area contributed by atoms with Gasteiger partial charge in [0.2, 0.25) is 5.88 Å². The Morgan fingerprint density at radius 3 is 2.73 bits per heavy atom. The molecule has 37 heavy (non-hydrogen) atoms. The van der Waals surface area contributed by atoms with Crippen molar-refractivity contribution < 1.29 is 32.5 Å². The highest BCUT2D eigenvalue weighted by atomic mass is 19.4. The zero-order valence-corrected chi connectivity index (χ0v) is 20.0. The van der Waals surface area contributed by atoms with Gasteiger partial charge in [0.15, 0.2) is 0 Å². The lowest BCUT2D eigenvalue weighted by Crippen LogP contribution is -2.29. The predicted molar refractivity (Wildman–Crippen MR) is 121 cm³/mol. The number of aryl methyl sites for hydroxylation is 2. The number of hydrogen-bond acceptors (Lipinski definition) is 8. The van der Waals surface area contributed by atoms with Crippen molar-refractivity contribution in [1.82, 2.24) is 25.0 Å². The molecule has 13 heteroatoms. The lowest BCUT2D eigenvalue weighted by Gasteiger charge is -2.27. The molecule has 194 valence electrons. The van der Waals surface area contributed by atoms with Crippen LogP contribution in [-0.2, 0) is 24.6 Å². The van der Waals surface area contributed by atoms with Crippen molar-refractivity contribution in [2.75, 3.05) is 0 Å². The van der Waals surface area contributed by atoms with Gasteiger partial charge in [0, 0.05) is 13.1 Å². The molecule has 1 fully saturated rings. The van der Waals surface area contributed by atoms with Gasteiger partial charge < -0.3 is 14.6 Å². The molecule has 0 unspecified atom stereocenters. The van der Waals surface area contributed by atoms with Crippen molar-refractivity contribution in [3.63, 3.8) is 0 Å². The SMILES string of the molecule is Cc1nc(-c2nnn(C)c2COc2cc(C(F)(F)F)cc(C#N)n2)ccc1O[C@H]1CCC[C@H](C(=O)O)C1. The van der Waals surface area contributed by atoms with Gasteiger partial charge in [-0.05, 0) is 50.8 Å². The smallest absolute Gasteiger partial charge is 0.416 e. The summed E-state index contributed by atoms with van der Waals surface area (Å²) >= 11 is 0. The molecule has 0 radical (unpaired) electrons. The van der Waals surface area contributed by atoms with E-state index < -0.39 is 29.3 Å². The highest BCUT2D eigenvalue weighted by molar-refractivity contribution is 5.70. The Morgan fingerprint density at radius 1 is 1.27 bits per heavy atom. The summed E-state index contributed by atoms with van der Waals surface area (Å²) in [5.41, 5.74) is 0.318. The van der Waals surface area contributed by atoms with Crippen LogP contribution in [0.4, 0.5) is 13.2 Å². The van der Waals surface area contributed by atoms with Gasteiger partial charge in [0.1, 0.15) is 35.5 Å². The molecule has 0 aliphatic heterocycles. The quantitative estimate of drug-likeness (QED) is 0.493. The van der Waals surface area contributed by atoms with Crippen LogP contribution in [0.1, 0.15) is 48.3 Å². The van der Waals surface area contributed by atoms with Crippen LogP contribution in [0, 0.1) is 24.2 Å². The standard InChI is InChI=1S/C24H23F3N6O4/c1-13-20(37-17-5-3-4-14(8-17)23(34)35)7-6-18(29-13)22-19(33(2)32-31-22)12-36-21-10-15(24(25,26)27)9-16(11-28)30-21/h6-7,9-10,14,17H,3-5,8,12H2,1-2H3,(H,34,35)/t14-,17-/m0/s1. The van der Waals surface area contributed by atoms with Gasteiger partial charge in [-0.25, -0.2) is 14.6 Å². The molecular formula is C24H23F3N6O4. The van der Waals surface area contributed by atoms with E-state index in [1.54, 1.807) is 32.2 Å². The first-order chi connectivity index (χ1) is 17.5. The molecule has 4 rings (SSSR count). The molecule has 3 heterocycles. The number of alkyl halides is 3. The topological polar surface area (TPSA) is 136 Å². The average molecular weight is 516 g/mol. The van der Waals surface area contributed by atoms with Gasteiger partial charge in [-0.15, -0.1) is 5.10 Å². The molecule has 0 bridgehead atoms. The van der Waals surface area contributed by atoms with E-state index in [0.29, 0.717) is 47.4 Å². The van der Waals surface area contributed by atoms with Gasteiger partial charge >= 0.3 is 12.1 Å². The molecule has 2 atom stereocenters. The Morgan fingerprint density at radius 2 is 2.05 bits per heavy atom. The maximum atomic E-state index is 13.2. The number of carboxylic acid groups (broad SMARTS) is 1. The van der Waals surface area contributed by atoms with E-state index in [4.69, 9.17) is 14.7 Å². The number of nitriles is 1. The Bertz CT molecular complexity index is 1350. The summed E-state index contributed by atoms with van der Waals surface area (Å²) in [5, 5.41) is 26.4. The first-order valence-electron chi connectivity index (χ1n) is 11.4. The predicted octanol–water partition coefficient (Wildman–Crippen LogP) is 4.07. The summed E-state index contributed by atoms with van der Waals surface area (Å²) in [6.45, 7) is 1.52. The zero-order valence-electron chi connectivity index (χ0n) is 20.0. The largest absolute Gasteiger partial charge is 0.489 e. The Hall–Kier alpha value is -4.21. The van der Waals surface area contributed by atoms with Gasteiger partial charge in [0.25, 0.3) is 0 Å². The van der Waals surface area contributed by atoms with Gasteiger partial charge in [-0.2, -0.15) is 18.4 Å². The first-order valence-corrected chi connectivity index (χ1v) is 11.4. The fraction of sp³-hybridized carbons (Fsp3) is 0.417. The number of ether oxygens (including phenoxy) is 2. The van der Waals surface area contributed by atoms with E-state index >= 15 is 0 Å². The lowest BCUT2D eigenvalue weighted by molar-refractivity contribution is -0.144. The number of halogens is 3. The highest BCUT2D eigenvalue weighted by Gasteiger charge is 2.32. The molecular weight excluding hydrogens is 493 g/mol. The van der Waals surface area contributed by atoms with Gasteiger partial charge in [0.05, 0.1) is 29.0 Å². The van der Waals surface area contributed by atoms with Crippen LogP contribution in [0.2, 0.25) is 0 Å². The molecule has 0 amide bonds. The van der Waals surface area contributed by atoms with Crippen LogP contribution in [-0.4, -0.2) is 42.1 Å². The number of carbonyl (C=O) groups is 1. The van der Waals surface area contributed by atoms with E-state index in [1.165, 1.54) is 4.68 Å². The maximum absolute atomic E-state index is 13.2. The Labute approximate surface area is 209 Å². The maximum Gasteiger partial charge on any atom is 0.416 e. The molecule has 3 aromatic rings. The summed E-state index contributed by atoms with van der Waals surface area (Å²) in [4.78, 5) is 19.7. The number of aliphatic carboxylic acids is 1. The minimum atomic E-state index is -4.66. The summed E-state index contributed by atoms with van der Waals surface area (Å²) < 4.78 is 52.4. The van der Waals surface area contributed by atoms with Crippen LogP contribution < -0.4 is 9.47 Å². The molecule has 0 saturated heterocycles. The average Bonchev–Trinajstić information content (AvgIpc) is 3.23. The van der Waals surface area contributed by atoms with Gasteiger partial charge in [-0.3, -0.25) is 4.79 Å². The van der Waals surface area contributed by atoms with E-state index in [2.05, 4.69) is 20.3 Å². The number of hydrogen-bond donors (Lipinski definition) is 1. The van der Waals surface area contributed by atoms with Crippen LogP contribution >= 0.6 is 0 Å². The molecule has 0 aromatic carbocycles. The van der Waals surface area contributed by atoms with Crippen LogP contribution in [0.15, 0.2) is 24.3 Å². The summed E-state index contributed by atoms with van der Waals surface area (Å²) in [7, 11) is 1.60. The van der Waals surface area contributed by atoms with Crippen LogP contribution in [0.5, 0.6) is 11.6 Å². The second-order valence-electron chi connectivity index (χ2n) is 8.71. The number of rotatable bonds is 7. The van der Waals surface area contributed by atoms with Crippen molar-refractivity contribution in [3.8, 4) is 29.1 Å². The molecule has 1 aliphatic rings. The normalized spacial score (nSPS) is 17.7. The lowest BCUT2D eigenvalue weighted by atomic mass is 9.87. The summed E-state index contributed by atoms with van der Waals surface area (Å²) in [6, 6.07) is 6.36. The highest BCUT2D eigenvalue weighted by Crippen LogP contribution is 2.33. The number of carboxylic acids is 1. The minimum Gasteiger partial charge on any atom is -0.489 e. The molecule has 1 N–H and O–H groups in total. The minimum absolute atomic E-state index is 0.222. The second kappa shape index (κ2) is 10.4. The number of aromatic nitrogens is 5. The van der Waals surface area contributed by atoms with Crippen molar-refractivity contribution in [3.05, 3.63) is 46.9 Å². The molecule has 1 aliphatic carbocycles. The summed E-state index contributed by atoms with van der Waals surface area (Å²) in [5.74, 6) is -1.08. The zero-order chi connectivity index (χ0) is 26.7. The first kappa shape index (κ1) is 25.9. The van der Waals surface area contributed by atoms with Crippen LogP contribution in [0.25, 0.3) is 11.4 Å². The van der Waals surface area contributed by atoms with E-state index in [9.17, 15) is 23.1 Å². The van der Waals surface area contributed by atoms with Crippen molar-refractivity contribution in [2.45, 2.75) is 51.5 Å². The Balaban J connectivity index is 1.52. The fourth-order valence-electron chi connectivity index (χ4n) is 4.14. The number of pyridine rings is 2.